The van der Waals surface area contributed by atoms with Crippen LogP contribution in [0.5, 0.6) is 5.88 Å². The molecular formula is C12H17N3O2. The second kappa shape index (κ2) is 4.50. The van der Waals surface area contributed by atoms with Crippen molar-refractivity contribution in [2.45, 2.75) is 12.2 Å². The van der Waals surface area contributed by atoms with Crippen LogP contribution in [0.3, 0.4) is 0 Å². The smallest absolute Gasteiger partial charge is 0.214 e. The third kappa shape index (κ3) is 2.21. The Morgan fingerprint density at radius 1 is 1.35 bits per heavy atom. The monoisotopic (exact) mass is 235 g/mol. The number of pyridine rings is 1. The van der Waals surface area contributed by atoms with Crippen LogP contribution in [0.15, 0.2) is 18.2 Å². The summed E-state index contributed by atoms with van der Waals surface area (Å²) in [7, 11) is 1.64. The van der Waals surface area contributed by atoms with E-state index in [9.17, 15) is 0 Å². The summed E-state index contributed by atoms with van der Waals surface area (Å²) in [6, 6.07) is 5.87. The summed E-state index contributed by atoms with van der Waals surface area (Å²) >= 11 is 0. The van der Waals surface area contributed by atoms with Gasteiger partial charge in [-0.1, -0.05) is 6.07 Å². The predicted molar refractivity (Wildman–Crippen MR) is 64.5 cm³/mol. The number of morpholine rings is 2. The molecule has 2 unspecified atom stereocenters. The van der Waals surface area contributed by atoms with Crippen molar-refractivity contribution in [3.8, 4) is 5.88 Å². The third-order valence-corrected chi connectivity index (χ3v) is 3.22. The van der Waals surface area contributed by atoms with Crippen LogP contribution in [-0.2, 0) is 4.74 Å². The summed E-state index contributed by atoms with van der Waals surface area (Å²) < 4.78 is 11.0. The van der Waals surface area contributed by atoms with Gasteiger partial charge >= 0.3 is 0 Å². The van der Waals surface area contributed by atoms with E-state index in [1.807, 2.05) is 18.2 Å². The van der Waals surface area contributed by atoms with Crippen LogP contribution in [0.25, 0.3) is 0 Å². The van der Waals surface area contributed by atoms with Crippen molar-refractivity contribution >= 4 is 5.82 Å². The number of hydrogen-bond acceptors (Lipinski definition) is 5. The largest absolute Gasteiger partial charge is 0.481 e. The van der Waals surface area contributed by atoms with E-state index in [1.165, 1.54) is 0 Å². The molecule has 2 atom stereocenters. The first-order valence-electron chi connectivity index (χ1n) is 5.97. The minimum atomic E-state index is 0.274. The molecule has 0 radical (unpaired) electrons. The van der Waals surface area contributed by atoms with Gasteiger partial charge in [0.15, 0.2) is 0 Å². The zero-order valence-corrected chi connectivity index (χ0v) is 9.93. The lowest BCUT2D eigenvalue weighted by Gasteiger charge is -2.42. The molecule has 0 aromatic carbocycles. The molecule has 17 heavy (non-hydrogen) atoms. The van der Waals surface area contributed by atoms with Gasteiger partial charge in [-0.3, -0.25) is 0 Å². The van der Waals surface area contributed by atoms with Gasteiger partial charge in [-0.2, -0.15) is 4.98 Å². The fourth-order valence-electron chi connectivity index (χ4n) is 2.44. The van der Waals surface area contributed by atoms with Crippen molar-refractivity contribution in [1.29, 1.82) is 0 Å². The lowest BCUT2D eigenvalue weighted by atomic mass is 10.1. The summed E-state index contributed by atoms with van der Waals surface area (Å²) in [5.41, 5.74) is 0. The normalized spacial score (nSPS) is 27.9. The van der Waals surface area contributed by atoms with Crippen molar-refractivity contribution in [2.75, 3.05) is 38.2 Å². The van der Waals surface area contributed by atoms with Gasteiger partial charge in [0, 0.05) is 32.2 Å². The first-order chi connectivity index (χ1) is 8.35. The number of ether oxygens (including phenoxy) is 2. The van der Waals surface area contributed by atoms with E-state index < -0.39 is 0 Å². The first-order valence-corrected chi connectivity index (χ1v) is 5.97. The van der Waals surface area contributed by atoms with Crippen LogP contribution < -0.4 is 15.0 Å². The molecule has 2 saturated heterocycles. The maximum absolute atomic E-state index is 5.87. The Balaban J connectivity index is 1.79. The van der Waals surface area contributed by atoms with E-state index >= 15 is 0 Å². The van der Waals surface area contributed by atoms with Crippen molar-refractivity contribution < 1.29 is 9.47 Å². The molecule has 5 nitrogen and oxygen atoms in total. The zero-order chi connectivity index (χ0) is 11.7. The van der Waals surface area contributed by atoms with Crippen LogP contribution in [0.1, 0.15) is 0 Å². The van der Waals surface area contributed by atoms with E-state index in [0.717, 1.165) is 32.0 Å². The highest BCUT2D eigenvalue weighted by Crippen LogP contribution is 2.21. The maximum Gasteiger partial charge on any atom is 0.214 e. The summed E-state index contributed by atoms with van der Waals surface area (Å²) in [5.74, 6) is 1.64. The quantitative estimate of drug-likeness (QED) is 0.797. The number of hydrogen-bond donors (Lipinski definition) is 1. The molecule has 0 spiro atoms. The molecular weight excluding hydrogens is 218 g/mol. The third-order valence-electron chi connectivity index (χ3n) is 3.22. The number of nitrogens with one attached hydrogen (secondary N) is 1. The van der Waals surface area contributed by atoms with Gasteiger partial charge in [0.1, 0.15) is 5.82 Å². The minimum absolute atomic E-state index is 0.274. The highest BCUT2D eigenvalue weighted by atomic mass is 16.5. The van der Waals surface area contributed by atoms with Crippen LogP contribution in [0.2, 0.25) is 0 Å². The van der Waals surface area contributed by atoms with Gasteiger partial charge in [-0.05, 0) is 6.07 Å². The average molecular weight is 235 g/mol. The Labute approximate surface area is 101 Å². The molecule has 3 rings (SSSR count). The van der Waals surface area contributed by atoms with Crippen molar-refractivity contribution in [2.24, 2.45) is 0 Å². The van der Waals surface area contributed by atoms with Crippen molar-refractivity contribution in [3.05, 3.63) is 18.2 Å². The van der Waals surface area contributed by atoms with E-state index in [1.54, 1.807) is 7.11 Å². The Morgan fingerprint density at radius 3 is 2.82 bits per heavy atom. The number of nitrogens with zero attached hydrogens (tertiary/aromatic N) is 2. The number of aromatic nitrogens is 1. The number of methoxy groups -OCH3 is 1. The van der Waals surface area contributed by atoms with Crippen LogP contribution in [0.4, 0.5) is 5.82 Å². The average Bonchev–Trinajstić information content (AvgIpc) is 2.38. The molecule has 2 bridgehead atoms. The topological polar surface area (TPSA) is 46.6 Å². The molecule has 0 aliphatic carbocycles. The van der Waals surface area contributed by atoms with Crippen LogP contribution in [-0.4, -0.2) is 50.5 Å². The number of rotatable bonds is 2. The molecule has 3 heterocycles. The number of fused-ring (bicyclic) bond motifs is 2. The zero-order valence-electron chi connectivity index (χ0n) is 9.93. The second-order valence-electron chi connectivity index (χ2n) is 4.48. The first kappa shape index (κ1) is 10.8. The summed E-state index contributed by atoms with van der Waals surface area (Å²) in [5, 5.41) is 3.38. The van der Waals surface area contributed by atoms with Gasteiger partial charge in [-0.25, -0.2) is 0 Å². The van der Waals surface area contributed by atoms with E-state index in [0.29, 0.717) is 5.88 Å². The minimum Gasteiger partial charge on any atom is -0.481 e. The molecule has 2 aliphatic rings. The summed E-state index contributed by atoms with van der Waals surface area (Å²) in [6.07, 6.45) is 0.547. The molecule has 5 heteroatoms. The molecule has 2 aliphatic heterocycles. The Bertz CT molecular complexity index is 387. The molecule has 2 fully saturated rings. The molecule has 0 amide bonds. The lowest BCUT2D eigenvalue weighted by Crippen LogP contribution is -2.58. The predicted octanol–water partition coefficient (Wildman–Crippen LogP) is 0.267. The maximum atomic E-state index is 5.87. The van der Waals surface area contributed by atoms with Crippen molar-refractivity contribution in [3.63, 3.8) is 0 Å². The Morgan fingerprint density at radius 2 is 2.12 bits per heavy atom. The molecule has 1 aromatic rings. The highest BCUT2D eigenvalue weighted by Gasteiger charge is 2.31. The van der Waals surface area contributed by atoms with Crippen molar-refractivity contribution in [1.82, 2.24) is 10.3 Å². The van der Waals surface area contributed by atoms with Gasteiger partial charge < -0.3 is 19.7 Å². The van der Waals surface area contributed by atoms with Gasteiger partial charge in [-0.15, -0.1) is 0 Å². The van der Waals surface area contributed by atoms with Crippen LogP contribution in [0, 0.1) is 0 Å². The van der Waals surface area contributed by atoms with Gasteiger partial charge in [0.2, 0.25) is 5.88 Å². The van der Waals surface area contributed by atoms with Gasteiger partial charge in [0.25, 0.3) is 0 Å². The Hall–Kier alpha value is -1.33. The second-order valence-corrected chi connectivity index (χ2v) is 4.48. The summed E-state index contributed by atoms with van der Waals surface area (Å²) in [4.78, 5) is 6.75. The van der Waals surface area contributed by atoms with E-state index in [2.05, 4.69) is 15.2 Å². The fourth-order valence-corrected chi connectivity index (χ4v) is 2.44. The molecule has 92 valence electrons. The van der Waals surface area contributed by atoms with E-state index in [4.69, 9.17) is 9.47 Å². The number of anilines is 1. The molecule has 0 saturated carbocycles. The lowest BCUT2D eigenvalue weighted by molar-refractivity contribution is -0.0486. The van der Waals surface area contributed by atoms with Crippen LogP contribution >= 0.6 is 0 Å². The Kier molecular flexibility index (Phi) is 2.86. The molecule has 1 aromatic heterocycles. The standard InChI is InChI=1S/C12H17N3O2/c1-16-12-4-2-3-11(14-12)15-7-9-5-13-6-10(8-15)17-9/h2-4,9-10,13H,5-8H2,1H3. The SMILES string of the molecule is COc1cccc(N2CC3CNCC(C2)O3)n1. The fraction of sp³-hybridized carbons (Fsp3) is 0.583. The molecule has 1 N–H and O–H groups in total. The summed E-state index contributed by atoms with van der Waals surface area (Å²) in [6.45, 7) is 3.64. The van der Waals surface area contributed by atoms with E-state index in [-0.39, 0.29) is 12.2 Å². The van der Waals surface area contributed by atoms with Gasteiger partial charge in [0.05, 0.1) is 19.3 Å². The highest BCUT2D eigenvalue weighted by molar-refractivity contribution is 5.41.